The van der Waals surface area contributed by atoms with Crippen LogP contribution in [0.3, 0.4) is 0 Å². The predicted octanol–water partition coefficient (Wildman–Crippen LogP) is 3.04. The molecule has 7 heteroatoms. The number of anilines is 2. The first-order valence-electron chi connectivity index (χ1n) is 7.00. The van der Waals surface area contributed by atoms with E-state index >= 15 is 0 Å². The van der Waals surface area contributed by atoms with Crippen LogP contribution in [0.4, 0.5) is 11.4 Å². The van der Waals surface area contributed by atoms with E-state index in [1.807, 2.05) is 20.8 Å². The summed E-state index contributed by atoms with van der Waals surface area (Å²) in [5.74, 6) is -0.702. The molecule has 0 unspecified atom stereocenters. The molecular weight excluding hydrogens is 314 g/mol. The van der Waals surface area contributed by atoms with E-state index in [1.165, 1.54) is 0 Å². The van der Waals surface area contributed by atoms with Crippen LogP contribution in [0, 0.1) is 0 Å². The Balaban J connectivity index is 2.02. The smallest absolute Gasteiger partial charge is 0.284 e. The van der Waals surface area contributed by atoms with Crippen LogP contribution in [0.2, 0.25) is 0 Å². The maximum atomic E-state index is 12.2. The number of hydroxylamine groups is 1. The van der Waals surface area contributed by atoms with E-state index in [9.17, 15) is 9.59 Å². The molecule has 0 atom stereocenters. The number of rotatable bonds is 4. The summed E-state index contributed by atoms with van der Waals surface area (Å²) in [7, 11) is 0. The molecule has 0 aliphatic rings. The summed E-state index contributed by atoms with van der Waals surface area (Å²) in [5.41, 5.74) is 8.69. The number of nitrogens with one attached hydrogen (secondary N) is 2. The zero-order chi connectivity index (χ0) is 17.0. The number of benzene rings is 1. The number of amides is 2. The minimum Gasteiger partial charge on any atom is -0.397 e. The molecule has 2 amide bonds. The van der Waals surface area contributed by atoms with Crippen molar-refractivity contribution in [2.24, 2.45) is 0 Å². The third kappa shape index (κ3) is 4.80. The van der Waals surface area contributed by atoms with Crippen molar-refractivity contribution in [1.82, 2.24) is 5.48 Å². The van der Waals surface area contributed by atoms with Crippen molar-refractivity contribution < 1.29 is 14.4 Å². The third-order valence-electron chi connectivity index (χ3n) is 2.71. The Kier molecular flexibility index (Phi) is 5.02. The molecule has 0 bridgehead atoms. The van der Waals surface area contributed by atoms with Gasteiger partial charge in [0.2, 0.25) is 0 Å². The molecule has 0 fully saturated rings. The summed E-state index contributed by atoms with van der Waals surface area (Å²) in [4.78, 5) is 30.2. The van der Waals surface area contributed by atoms with Crippen LogP contribution in [0.5, 0.6) is 0 Å². The minimum atomic E-state index is -0.488. The van der Waals surface area contributed by atoms with Gasteiger partial charge in [0.05, 0.1) is 26.7 Å². The summed E-state index contributed by atoms with van der Waals surface area (Å²) >= 11 is 1.08. The van der Waals surface area contributed by atoms with Crippen LogP contribution in [0.25, 0.3) is 0 Å². The maximum absolute atomic E-state index is 12.2. The van der Waals surface area contributed by atoms with E-state index in [0.29, 0.717) is 21.1 Å². The highest BCUT2D eigenvalue weighted by Crippen LogP contribution is 2.21. The van der Waals surface area contributed by atoms with Crippen LogP contribution < -0.4 is 16.5 Å². The number of nitrogens with two attached hydrogens (primary N) is 1. The Morgan fingerprint density at radius 1 is 1.04 bits per heavy atom. The molecule has 0 radical (unpaired) electrons. The summed E-state index contributed by atoms with van der Waals surface area (Å²) in [5, 5.41) is 2.72. The highest BCUT2D eigenvalue weighted by Gasteiger charge is 2.17. The van der Waals surface area contributed by atoms with Crippen molar-refractivity contribution in [3.63, 3.8) is 0 Å². The molecular formula is C16H19N3O3S. The molecule has 0 spiro atoms. The van der Waals surface area contributed by atoms with Crippen LogP contribution >= 0.6 is 11.3 Å². The maximum Gasteiger partial charge on any atom is 0.284 e. The van der Waals surface area contributed by atoms with Gasteiger partial charge in [-0.05, 0) is 45.0 Å². The molecule has 0 aliphatic carbocycles. The summed E-state index contributed by atoms with van der Waals surface area (Å²) in [6.07, 6.45) is 0. The van der Waals surface area contributed by atoms with Crippen molar-refractivity contribution in [1.29, 1.82) is 0 Å². The van der Waals surface area contributed by atoms with Gasteiger partial charge in [-0.15, -0.1) is 11.3 Å². The first-order chi connectivity index (χ1) is 10.8. The van der Waals surface area contributed by atoms with E-state index in [4.69, 9.17) is 10.6 Å². The number of thiophene rings is 1. The highest BCUT2D eigenvalue weighted by atomic mass is 32.1. The van der Waals surface area contributed by atoms with Crippen molar-refractivity contribution in [2.45, 2.75) is 26.4 Å². The van der Waals surface area contributed by atoms with Gasteiger partial charge in [0, 0.05) is 0 Å². The average Bonchev–Trinajstić information content (AvgIpc) is 2.96. The van der Waals surface area contributed by atoms with E-state index in [-0.39, 0.29) is 11.8 Å². The molecule has 23 heavy (non-hydrogen) atoms. The van der Waals surface area contributed by atoms with Crippen molar-refractivity contribution >= 4 is 34.5 Å². The van der Waals surface area contributed by atoms with Gasteiger partial charge in [-0.2, -0.15) is 0 Å². The second-order valence-corrected chi connectivity index (χ2v) is 6.93. The predicted molar refractivity (Wildman–Crippen MR) is 91.4 cm³/mol. The van der Waals surface area contributed by atoms with Gasteiger partial charge in [0.25, 0.3) is 11.8 Å². The zero-order valence-corrected chi connectivity index (χ0v) is 14.0. The van der Waals surface area contributed by atoms with E-state index in [2.05, 4.69) is 10.8 Å². The molecule has 1 heterocycles. The fraction of sp³-hybridized carbons (Fsp3) is 0.250. The average molecular weight is 333 g/mol. The molecule has 2 rings (SSSR count). The second kappa shape index (κ2) is 6.80. The highest BCUT2D eigenvalue weighted by molar-refractivity contribution is 7.16. The Hall–Kier alpha value is -2.38. The summed E-state index contributed by atoms with van der Waals surface area (Å²) < 4.78 is 0. The number of carbonyl (C=O) groups excluding carboxylic acids is 2. The van der Waals surface area contributed by atoms with Gasteiger partial charge in [0.15, 0.2) is 0 Å². The van der Waals surface area contributed by atoms with Crippen LogP contribution in [-0.4, -0.2) is 17.4 Å². The lowest BCUT2D eigenvalue weighted by molar-refractivity contribution is -0.0588. The van der Waals surface area contributed by atoms with E-state index < -0.39 is 5.60 Å². The Bertz CT molecular complexity index is 719. The third-order valence-corrected chi connectivity index (χ3v) is 3.80. The standard InChI is InChI=1S/C16H19N3O3S/c1-16(2,3)22-19-15(21)13-9-8-12(23-13)14(20)18-11-7-5-4-6-10(11)17/h4-9H,17H2,1-3H3,(H,18,20)(H,19,21). The fourth-order valence-corrected chi connectivity index (χ4v) is 2.41. The lowest BCUT2D eigenvalue weighted by Gasteiger charge is -2.18. The molecule has 0 aliphatic heterocycles. The monoisotopic (exact) mass is 333 g/mol. The lowest BCUT2D eigenvalue weighted by atomic mass is 10.2. The molecule has 4 N–H and O–H groups in total. The van der Waals surface area contributed by atoms with Gasteiger partial charge in [0.1, 0.15) is 0 Å². The molecule has 122 valence electrons. The Labute approximate surface area is 138 Å². The van der Waals surface area contributed by atoms with Gasteiger partial charge < -0.3 is 11.1 Å². The fourth-order valence-electron chi connectivity index (χ4n) is 1.63. The van der Waals surface area contributed by atoms with Crippen LogP contribution in [0.15, 0.2) is 36.4 Å². The minimum absolute atomic E-state index is 0.316. The number of nitrogen functional groups attached to an aromatic ring is 1. The first-order valence-corrected chi connectivity index (χ1v) is 7.82. The number of para-hydroxylation sites is 2. The SMILES string of the molecule is CC(C)(C)ONC(=O)c1ccc(C(=O)Nc2ccccc2N)s1. The molecule has 6 nitrogen and oxygen atoms in total. The summed E-state index contributed by atoms with van der Waals surface area (Å²) in [6.45, 7) is 5.47. The quantitative estimate of drug-likeness (QED) is 0.592. The van der Waals surface area contributed by atoms with Crippen LogP contribution in [0.1, 0.15) is 40.1 Å². The molecule has 0 saturated heterocycles. The zero-order valence-electron chi connectivity index (χ0n) is 13.2. The lowest BCUT2D eigenvalue weighted by Crippen LogP contribution is -2.33. The van der Waals surface area contributed by atoms with Crippen LogP contribution in [-0.2, 0) is 4.84 Å². The van der Waals surface area contributed by atoms with Gasteiger partial charge in [-0.3, -0.25) is 14.4 Å². The number of carbonyl (C=O) groups is 2. The normalized spacial score (nSPS) is 11.1. The van der Waals surface area contributed by atoms with Gasteiger partial charge >= 0.3 is 0 Å². The number of hydrogen-bond acceptors (Lipinski definition) is 5. The molecule has 1 aromatic heterocycles. The van der Waals surface area contributed by atoms with Crippen molar-refractivity contribution in [3.05, 3.63) is 46.2 Å². The second-order valence-electron chi connectivity index (χ2n) is 5.85. The van der Waals surface area contributed by atoms with Gasteiger partial charge in [-0.25, -0.2) is 5.48 Å². The molecule has 2 aromatic rings. The largest absolute Gasteiger partial charge is 0.397 e. The van der Waals surface area contributed by atoms with Crippen molar-refractivity contribution in [2.75, 3.05) is 11.1 Å². The van der Waals surface area contributed by atoms with Crippen molar-refractivity contribution in [3.8, 4) is 0 Å². The van der Waals surface area contributed by atoms with E-state index in [0.717, 1.165) is 11.3 Å². The van der Waals surface area contributed by atoms with E-state index in [1.54, 1.807) is 36.4 Å². The Morgan fingerprint density at radius 2 is 1.65 bits per heavy atom. The first kappa shape index (κ1) is 17.0. The topological polar surface area (TPSA) is 93.4 Å². The molecule has 1 aromatic carbocycles. The Morgan fingerprint density at radius 3 is 2.26 bits per heavy atom. The summed E-state index contributed by atoms with van der Waals surface area (Å²) in [6, 6.07) is 10.1. The van der Waals surface area contributed by atoms with Gasteiger partial charge in [-0.1, -0.05) is 12.1 Å². The molecule has 0 saturated carbocycles. The number of hydrogen-bond donors (Lipinski definition) is 3.